The predicted molar refractivity (Wildman–Crippen MR) is 58.2 cm³/mol. The fraction of sp³-hybridized carbons (Fsp3) is 1.00. The van der Waals surface area contributed by atoms with Gasteiger partial charge in [0.2, 0.25) is 0 Å². The molecule has 2 heteroatoms. The van der Waals surface area contributed by atoms with Crippen molar-refractivity contribution in [1.82, 2.24) is 0 Å². The number of rotatable bonds is 5. The van der Waals surface area contributed by atoms with Gasteiger partial charge in [0.25, 0.3) is 0 Å². The Bertz CT molecular complexity index is 141. The number of aliphatic hydroxyl groups is 1. The third-order valence-corrected chi connectivity index (χ3v) is 3.32. The van der Waals surface area contributed by atoms with E-state index in [2.05, 4.69) is 13.8 Å². The molecule has 1 rings (SSSR count). The number of aliphatic hydroxyl groups excluding tert-OH is 1. The highest BCUT2D eigenvalue weighted by Gasteiger charge is 2.21. The molecule has 0 aliphatic carbocycles. The summed E-state index contributed by atoms with van der Waals surface area (Å²) in [4.78, 5) is 0. The molecule has 0 aromatic rings. The molecule has 0 aromatic carbocycles. The average molecular weight is 200 g/mol. The summed E-state index contributed by atoms with van der Waals surface area (Å²) >= 11 is 0. The maximum Gasteiger partial charge on any atom is 0.0568 e. The van der Waals surface area contributed by atoms with E-state index in [1.54, 1.807) is 0 Å². The Morgan fingerprint density at radius 3 is 2.57 bits per heavy atom. The predicted octanol–water partition coefficient (Wildman–Crippen LogP) is 2.60. The first-order chi connectivity index (χ1) is 6.74. The van der Waals surface area contributed by atoms with Gasteiger partial charge in [0.1, 0.15) is 0 Å². The van der Waals surface area contributed by atoms with E-state index >= 15 is 0 Å². The lowest BCUT2D eigenvalue weighted by Crippen LogP contribution is -2.25. The molecule has 84 valence electrons. The minimum Gasteiger partial charge on any atom is -0.393 e. The SMILES string of the molecule is CCCC(C)C(O)CC1CCOCC1. The Balaban J connectivity index is 2.20. The van der Waals surface area contributed by atoms with Gasteiger partial charge in [-0.2, -0.15) is 0 Å². The van der Waals surface area contributed by atoms with Crippen LogP contribution in [0.5, 0.6) is 0 Å². The van der Waals surface area contributed by atoms with Gasteiger partial charge >= 0.3 is 0 Å². The second-order valence-electron chi connectivity index (χ2n) is 4.62. The van der Waals surface area contributed by atoms with Crippen molar-refractivity contribution in [2.75, 3.05) is 13.2 Å². The Morgan fingerprint density at radius 1 is 1.36 bits per heavy atom. The molecule has 2 atom stereocenters. The second-order valence-corrected chi connectivity index (χ2v) is 4.62. The summed E-state index contributed by atoms with van der Waals surface area (Å²) in [6.45, 7) is 6.12. The molecule has 0 radical (unpaired) electrons. The standard InChI is InChI=1S/C12H24O2/c1-3-4-10(2)12(13)9-11-5-7-14-8-6-11/h10-13H,3-9H2,1-2H3. The minimum atomic E-state index is -0.0990. The van der Waals surface area contributed by atoms with Crippen molar-refractivity contribution in [2.45, 2.75) is 52.1 Å². The summed E-state index contributed by atoms with van der Waals surface area (Å²) in [5, 5.41) is 9.96. The van der Waals surface area contributed by atoms with Crippen molar-refractivity contribution in [3.05, 3.63) is 0 Å². The van der Waals surface area contributed by atoms with Crippen LogP contribution in [0.4, 0.5) is 0 Å². The van der Waals surface area contributed by atoms with Gasteiger partial charge in [-0.15, -0.1) is 0 Å². The molecule has 0 saturated carbocycles. The van der Waals surface area contributed by atoms with Gasteiger partial charge in [-0.1, -0.05) is 20.3 Å². The molecule has 1 aliphatic heterocycles. The minimum absolute atomic E-state index is 0.0990. The maximum atomic E-state index is 9.96. The lowest BCUT2D eigenvalue weighted by atomic mass is 9.87. The van der Waals surface area contributed by atoms with Crippen molar-refractivity contribution in [1.29, 1.82) is 0 Å². The molecule has 1 fully saturated rings. The van der Waals surface area contributed by atoms with Crippen LogP contribution in [0.3, 0.4) is 0 Å². The zero-order valence-electron chi connectivity index (χ0n) is 9.54. The molecule has 2 unspecified atom stereocenters. The summed E-state index contributed by atoms with van der Waals surface area (Å²) < 4.78 is 5.31. The fourth-order valence-corrected chi connectivity index (χ4v) is 2.20. The van der Waals surface area contributed by atoms with Crippen molar-refractivity contribution < 1.29 is 9.84 Å². The molecule has 0 amide bonds. The van der Waals surface area contributed by atoms with Crippen molar-refractivity contribution >= 4 is 0 Å². The van der Waals surface area contributed by atoms with Crippen LogP contribution < -0.4 is 0 Å². The van der Waals surface area contributed by atoms with E-state index < -0.39 is 0 Å². The van der Waals surface area contributed by atoms with Crippen LogP contribution in [0, 0.1) is 11.8 Å². The summed E-state index contributed by atoms with van der Waals surface area (Å²) in [6, 6.07) is 0. The van der Waals surface area contributed by atoms with Crippen LogP contribution in [0.15, 0.2) is 0 Å². The van der Waals surface area contributed by atoms with Crippen LogP contribution in [0.2, 0.25) is 0 Å². The van der Waals surface area contributed by atoms with E-state index in [0.29, 0.717) is 11.8 Å². The van der Waals surface area contributed by atoms with Gasteiger partial charge in [0.15, 0.2) is 0 Å². The van der Waals surface area contributed by atoms with Crippen LogP contribution in [-0.4, -0.2) is 24.4 Å². The topological polar surface area (TPSA) is 29.5 Å². The van der Waals surface area contributed by atoms with Gasteiger partial charge in [-0.3, -0.25) is 0 Å². The largest absolute Gasteiger partial charge is 0.393 e. The van der Waals surface area contributed by atoms with Gasteiger partial charge < -0.3 is 9.84 Å². The lowest BCUT2D eigenvalue weighted by Gasteiger charge is -2.26. The van der Waals surface area contributed by atoms with Crippen LogP contribution in [-0.2, 0) is 4.74 Å². The molecular weight excluding hydrogens is 176 g/mol. The first kappa shape index (κ1) is 12.0. The lowest BCUT2D eigenvalue weighted by molar-refractivity contribution is 0.0288. The molecule has 0 bridgehead atoms. The van der Waals surface area contributed by atoms with E-state index in [9.17, 15) is 5.11 Å². The summed E-state index contributed by atoms with van der Waals surface area (Å²) in [5.74, 6) is 1.15. The first-order valence-corrected chi connectivity index (χ1v) is 5.99. The van der Waals surface area contributed by atoms with Gasteiger partial charge in [-0.25, -0.2) is 0 Å². The summed E-state index contributed by atoms with van der Waals surface area (Å²) in [6.07, 6.45) is 5.46. The number of hydrogen-bond donors (Lipinski definition) is 1. The highest BCUT2D eigenvalue weighted by Crippen LogP contribution is 2.24. The molecule has 1 aliphatic rings. The molecule has 0 spiro atoms. The number of hydrogen-bond acceptors (Lipinski definition) is 2. The van der Waals surface area contributed by atoms with Crippen LogP contribution in [0.1, 0.15) is 46.0 Å². The van der Waals surface area contributed by atoms with Crippen molar-refractivity contribution in [3.63, 3.8) is 0 Å². The molecule has 14 heavy (non-hydrogen) atoms. The third-order valence-electron chi connectivity index (χ3n) is 3.32. The second kappa shape index (κ2) is 6.41. The zero-order valence-corrected chi connectivity index (χ0v) is 9.54. The number of ether oxygens (including phenoxy) is 1. The van der Waals surface area contributed by atoms with E-state index in [4.69, 9.17) is 4.74 Å². The Labute approximate surface area is 87.7 Å². The molecular formula is C12H24O2. The van der Waals surface area contributed by atoms with Crippen LogP contribution in [0.25, 0.3) is 0 Å². The van der Waals surface area contributed by atoms with Crippen molar-refractivity contribution in [3.8, 4) is 0 Å². The first-order valence-electron chi connectivity index (χ1n) is 5.99. The van der Waals surface area contributed by atoms with E-state index in [1.165, 1.54) is 6.42 Å². The molecule has 1 heterocycles. The molecule has 1 saturated heterocycles. The van der Waals surface area contributed by atoms with E-state index in [1.807, 2.05) is 0 Å². The Kier molecular flexibility index (Phi) is 5.49. The van der Waals surface area contributed by atoms with Crippen molar-refractivity contribution in [2.24, 2.45) is 11.8 Å². The maximum absolute atomic E-state index is 9.96. The normalized spacial score (nSPS) is 23.4. The summed E-state index contributed by atoms with van der Waals surface area (Å²) in [5.41, 5.74) is 0. The Hall–Kier alpha value is -0.0800. The van der Waals surface area contributed by atoms with E-state index in [0.717, 1.165) is 38.9 Å². The quantitative estimate of drug-likeness (QED) is 0.739. The summed E-state index contributed by atoms with van der Waals surface area (Å²) in [7, 11) is 0. The smallest absolute Gasteiger partial charge is 0.0568 e. The zero-order chi connectivity index (χ0) is 10.4. The highest BCUT2D eigenvalue weighted by atomic mass is 16.5. The highest BCUT2D eigenvalue weighted by molar-refractivity contribution is 4.71. The third kappa shape index (κ3) is 3.97. The monoisotopic (exact) mass is 200 g/mol. The average Bonchev–Trinajstić information content (AvgIpc) is 2.19. The van der Waals surface area contributed by atoms with Crippen LogP contribution >= 0.6 is 0 Å². The Morgan fingerprint density at radius 2 is 2.00 bits per heavy atom. The fourth-order valence-electron chi connectivity index (χ4n) is 2.20. The van der Waals surface area contributed by atoms with Gasteiger partial charge in [-0.05, 0) is 37.5 Å². The molecule has 1 N–H and O–H groups in total. The van der Waals surface area contributed by atoms with Gasteiger partial charge in [0.05, 0.1) is 6.10 Å². The van der Waals surface area contributed by atoms with Gasteiger partial charge in [0, 0.05) is 13.2 Å². The molecule has 0 aromatic heterocycles. The molecule has 2 nitrogen and oxygen atoms in total. The van der Waals surface area contributed by atoms with E-state index in [-0.39, 0.29) is 6.10 Å².